The van der Waals surface area contributed by atoms with Crippen LogP contribution in [0, 0.1) is 0 Å². The number of likely N-dealkylation sites (tertiary alicyclic amines) is 1. The number of hydrogen-bond acceptors (Lipinski definition) is 6. The van der Waals surface area contributed by atoms with Gasteiger partial charge in [-0.2, -0.15) is 0 Å². The summed E-state index contributed by atoms with van der Waals surface area (Å²) in [5, 5.41) is 11.7. The highest BCUT2D eigenvalue weighted by Gasteiger charge is 2.46. The van der Waals surface area contributed by atoms with Crippen molar-refractivity contribution in [2.24, 2.45) is 0 Å². The smallest absolute Gasteiger partial charge is 0.295 e. The second-order valence-corrected chi connectivity index (χ2v) is 8.50. The van der Waals surface area contributed by atoms with Crippen LogP contribution in [-0.4, -0.2) is 55.2 Å². The van der Waals surface area contributed by atoms with Crippen molar-refractivity contribution >= 4 is 40.7 Å². The Hall–Kier alpha value is -2.74. The molecule has 0 aliphatic carbocycles. The molecule has 176 valence electrons. The lowest BCUT2D eigenvalue weighted by molar-refractivity contribution is -0.140. The zero-order valence-electron chi connectivity index (χ0n) is 18.7. The van der Waals surface area contributed by atoms with Crippen LogP contribution in [0.15, 0.2) is 42.0 Å². The Bertz CT molecular complexity index is 1080. The quantitative estimate of drug-likeness (QED) is 0.321. The number of ether oxygens (including phenoxy) is 3. The highest BCUT2D eigenvalue weighted by molar-refractivity contribution is 6.46. The van der Waals surface area contributed by atoms with E-state index in [0.717, 1.165) is 0 Å². The SMILES string of the molecule is COc1ccc(C2/C(=C(\O)c3cc(Cl)cc(Cl)c3OC)C(=O)C(=O)N2CCOC(C)C)cc1. The number of aliphatic hydroxyl groups is 1. The molecule has 0 aromatic heterocycles. The number of amides is 1. The number of aliphatic hydroxyl groups excluding tert-OH is 1. The maximum atomic E-state index is 13.1. The monoisotopic (exact) mass is 493 g/mol. The number of carbonyl (C=O) groups excluding carboxylic acids is 2. The maximum Gasteiger partial charge on any atom is 0.295 e. The van der Waals surface area contributed by atoms with Gasteiger partial charge in [0, 0.05) is 11.6 Å². The molecule has 2 aromatic carbocycles. The van der Waals surface area contributed by atoms with Gasteiger partial charge in [0.25, 0.3) is 11.7 Å². The van der Waals surface area contributed by atoms with Gasteiger partial charge in [-0.05, 0) is 43.7 Å². The van der Waals surface area contributed by atoms with Crippen molar-refractivity contribution in [2.45, 2.75) is 26.0 Å². The molecule has 1 atom stereocenters. The van der Waals surface area contributed by atoms with Gasteiger partial charge in [-0.3, -0.25) is 9.59 Å². The van der Waals surface area contributed by atoms with Crippen molar-refractivity contribution in [2.75, 3.05) is 27.4 Å². The molecule has 2 aromatic rings. The number of rotatable bonds is 8. The van der Waals surface area contributed by atoms with Gasteiger partial charge in [-0.25, -0.2) is 0 Å². The topological polar surface area (TPSA) is 85.3 Å². The summed E-state index contributed by atoms with van der Waals surface area (Å²) in [6.07, 6.45) is -0.0425. The molecule has 0 radical (unpaired) electrons. The lowest BCUT2D eigenvalue weighted by Crippen LogP contribution is -2.33. The van der Waals surface area contributed by atoms with E-state index in [4.69, 9.17) is 37.4 Å². The molecule has 33 heavy (non-hydrogen) atoms. The Morgan fingerprint density at radius 2 is 1.76 bits per heavy atom. The number of Topliss-reactive ketones (excluding diaryl/α,β-unsaturated/α-hetero) is 1. The molecule has 1 aliphatic rings. The third-order valence-corrected chi connectivity index (χ3v) is 5.72. The first-order valence-corrected chi connectivity index (χ1v) is 11.0. The highest BCUT2D eigenvalue weighted by atomic mass is 35.5. The van der Waals surface area contributed by atoms with Gasteiger partial charge in [0.05, 0.1) is 49.1 Å². The third-order valence-electron chi connectivity index (χ3n) is 5.22. The second-order valence-electron chi connectivity index (χ2n) is 7.65. The first-order chi connectivity index (χ1) is 15.7. The van der Waals surface area contributed by atoms with Crippen LogP contribution in [0.1, 0.15) is 31.0 Å². The largest absolute Gasteiger partial charge is 0.507 e. The first kappa shape index (κ1) is 24.9. The zero-order valence-corrected chi connectivity index (χ0v) is 20.2. The van der Waals surface area contributed by atoms with E-state index in [1.807, 2.05) is 13.8 Å². The molecule has 1 amide bonds. The van der Waals surface area contributed by atoms with Gasteiger partial charge < -0.3 is 24.2 Å². The summed E-state index contributed by atoms with van der Waals surface area (Å²) >= 11 is 12.4. The Balaban J connectivity index is 2.18. The molecule has 1 aliphatic heterocycles. The summed E-state index contributed by atoms with van der Waals surface area (Å²) in [5.74, 6) is -1.24. The number of ketones is 1. The fourth-order valence-electron chi connectivity index (χ4n) is 3.72. The Morgan fingerprint density at radius 3 is 2.33 bits per heavy atom. The summed E-state index contributed by atoms with van der Waals surface area (Å²) in [6.45, 7) is 4.14. The summed E-state index contributed by atoms with van der Waals surface area (Å²) in [5.41, 5.74) is 0.643. The number of hydrogen-bond donors (Lipinski definition) is 1. The summed E-state index contributed by atoms with van der Waals surface area (Å²) < 4.78 is 16.1. The average Bonchev–Trinajstić information content (AvgIpc) is 3.03. The molecule has 0 bridgehead atoms. The van der Waals surface area contributed by atoms with Crippen molar-refractivity contribution in [3.05, 3.63) is 63.1 Å². The van der Waals surface area contributed by atoms with Crippen LogP contribution in [-0.2, 0) is 14.3 Å². The molecule has 7 nitrogen and oxygen atoms in total. The zero-order chi connectivity index (χ0) is 24.3. The van der Waals surface area contributed by atoms with Gasteiger partial charge in [-0.1, -0.05) is 35.3 Å². The number of nitrogens with zero attached hydrogens (tertiary/aromatic N) is 1. The van der Waals surface area contributed by atoms with E-state index in [1.54, 1.807) is 31.4 Å². The predicted molar refractivity (Wildman–Crippen MR) is 126 cm³/mol. The first-order valence-electron chi connectivity index (χ1n) is 10.3. The fraction of sp³-hybridized carbons (Fsp3) is 0.333. The van der Waals surface area contributed by atoms with Gasteiger partial charge in [0.15, 0.2) is 0 Å². The lowest BCUT2D eigenvalue weighted by atomic mass is 9.95. The molecule has 0 saturated carbocycles. The molecule has 0 spiro atoms. The molecular formula is C24H25Cl2NO6. The van der Waals surface area contributed by atoms with E-state index in [0.29, 0.717) is 11.3 Å². The van der Waals surface area contributed by atoms with Crippen molar-refractivity contribution < 1.29 is 28.9 Å². The van der Waals surface area contributed by atoms with E-state index >= 15 is 0 Å². The van der Waals surface area contributed by atoms with Crippen molar-refractivity contribution in [1.82, 2.24) is 4.90 Å². The molecular weight excluding hydrogens is 469 g/mol. The minimum atomic E-state index is -0.853. The summed E-state index contributed by atoms with van der Waals surface area (Å²) in [7, 11) is 2.92. The van der Waals surface area contributed by atoms with E-state index in [-0.39, 0.29) is 46.2 Å². The molecule has 1 unspecified atom stereocenters. The van der Waals surface area contributed by atoms with Crippen LogP contribution in [0.4, 0.5) is 0 Å². The number of methoxy groups -OCH3 is 2. The van der Waals surface area contributed by atoms with Crippen LogP contribution >= 0.6 is 23.2 Å². The molecule has 1 N–H and O–H groups in total. The molecule has 1 heterocycles. The van der Waals surface area contributed by atoms with E-state index in [2.05, 4.69) is 0 Å². The van der Waals surface area contributed by atoms with E-state index < -0.39 is 23.5 Å². The number of benzene rings is 2. The third kappa shape index (κ3) is 5.11. The van der Waals surface area contributed by atoms with Crippen LogP contribution in [0.25, 0.3) is 5.76 Å². The second kappa shape index (κ2) is 10.5. The predicted octanol–water partition coefficient (Wildman–Crippen LogP) is 4.86. The maximum absolute atomic E-state index is 13.1. The number of halogens is 2. The van der Waals surface area contributed by atoms with Gasteiger partial charge in [-0.15, -0.1) is 0 Å². The highest BCUT2D eigenvalue weighted by Crippen LogP contribution is 2.43. The summed E-state index contributed by atoms with van der Waals surface area (Å²) in [6, 6.07) is 8.95. The molecule has 1 saturated heterocycles. The van der Waals surface area contributed by atoms with Gasteiger partial charge in [0.1, 0.15) is 17.3 Å². The minimum Gasteiger partial charge on any atom is -0.507 e. The normalized spacial score (nSPS) is 17.7. The van der Waals surface area contributed by atoms with E-state index in [1.165, 1.54) is 24.1 Å². The Kier molecular flexibility index (Phi) is 7.89. The lowest BCUT2D eigenvalue weighted by Gasteiger charge is -2.26. The Morgan fingerprint density at radius 1 is 1.09 bits per heavy atom. The van der Waals surface area contributed by atoms with Gasteiger partial charge in [0.2, 0.25) is 0 Å². The van der Waals surface area contributed by atoms with Crippen molar-refractivity contribution in [3.8, 4) is 11.5 Å². The van der Waals surface area contributed by atoms with Crippen LogP contribution in [0.2, 0.25) is 10.0 Å². The van der Waals surface area contributed by atoms with Crippen LogP contribution in [0.5, 0.6) is 11.5 Å². The Labute approximate surface area is 202 Å². The molecule has 9 heteroatoms. The van der Waals surface area contributed by atoms with Crippen LogP contribution < -0.4 is 9.47 Å². The molecule has 3 rings (SSSR count). The number of carbonyl (C=O) groups is 2. The standard InChI is InChI=1S/C24H25Cl2NO6/c1-13(2)33-10-9-27-20(14-5-7-16(31-3)8-6-14)19(22(29)24(27)30)21(28)17-11-15(25)12-18(26)23(17)32-4/h5-8,11-13,20,28H,9-10H2,1-4H3/b21-19+. The van der Waals surface area contributed by atoms with E-state index in [9.17, 15) is 14.7 Å². The fourth-order valence-corrected chi connectivity index (χ4v) is 4.29. The molecule has 1 fully saturated rings. The summed E-state index contributed by atoms with van der Waals surface area (Å²) in [4.78, 5) is 27.5. The van der Waals surface area contributed by atoms with Crippen molar-refractivity contribution in [1.29, 1.82) is 0 Å². The minimum absolute atomic E-state index is 0.0425. The average molecular weight is 494 g/mol. The van der Waals surface area contributed by atoms with Crippen molar-refractivity contribution in [3.63, 3.8) is 0 Å². The van der Waals surface area contributed by atoms with Gasteiger partial charge >= 0.3 is 0 Å². The van der Waals surface area contributed by atoms with Crippen LogP contribution in [0.3, 0.4) is 0 Å².